The Morgan fingerprint density at radius 1 is 0.765 bits per heavy atom. The molecule has 0 spiro atoms. The van der Waals surface area contributed by atoms with Gasteiger partial charge in [0.15, 0.2) is 16.7 Å². The summed E-state index contributed by atoms with van der Waals surface area (Å²) in [6.45, 7) is 4.21. The monoisotopic (exact) mass is 332 g/mol. The van der Waals surface area contributed by atoms with Gasteiger partial charge in [-0.1, -0.05) is 34.8 Å². The fourth-order valence-electron chi connectivity index (χ4n) is 0.373. The maximum Gasteiger partial charge on any atom is 0.556 e. The molecule has 0 amide bonds. The van der Waals surface area contributed by atoms with Gasteiger partial charge in [0, 0.05) is 0 Å². The lowest BCUT2D eigenvalue weighted by atomic mass is 10.9. The largest absolute Gasteiger partial charge is 0.556 e. The van der Waals surface area contributed by atoms with Gasteiger partial charge < -0.3 is 0 Å². The normalized spacial score (nSPS) is 20.6. The lowest BCUT2D eigenvalue weighted by Gasteiger charge is -2.16. The molecule has 0 aromatic heterocycles. The van der Waals surface area contributed by atoms with Gasteiger partial charge in [-0.25, -0.2) is 19.2 Å². The summed E-state index contributed by atoms with van der Waals surface area (Å²) in [5.41, 5.74) is -2.72. The summed E-state index contributed by atoms with van der Waals surface area (Å²) >= 11 is 16.2. The van der Waals surface area contributed by atoms with Crippen molar-refractivity contribution in [1.82, 2.24) is 0 Å². The van der Waals surface area contributed by atoms with Crippen LogP contribution in [0.25, 0.3) is 0 Å². The molecule has 7 nitrogen and oxygen atoms in total. The highest BCUT2D eigenvalue weighted by Crippen LogP contribution is 2.51. The predicted molar refractivity (Wildman–Crippen MR) is 60.1 cm³/mol. The Hall–Kier alpha value is 0.860. The molecule has 0 aliphatic carbocycles. The third-order valence-corrected chi connectivity index (χ3v) is 1.82. The van der Waals surface area contributed by atoms with Crippen LogP contribution in [0, 0.1) is 0 Å². The minimum absolute atomic E-state index is 0.905. The van der Waals surface area contributed by atoms with E-state index in [0.29, 0.717) is 0 Å². The van der Waals surface area contributed by atoms with Crippen molar-refractivity contribution >= 4 is 42.6 Å². The SMILES string of the molecule is CC(Cl)OOP(=O)(OOC(C)Cl)OOC(C)Cl. The van der Waals surface area contributed by atoms with Gasteiger partial charge in [-0.05, 0) is 20.8 Å². The zero-order valence-corrected chi connectivity index (χ0v) is 12.3. The van der Waals surface area contributed by atoms with Crippen LogP contribution in [-0.4, -0.2) is 16.7 Å². The molecular formula is C6H12Cl3O7P. The van der Waals surface area contributed by atoms with Gasteiger partial charge in [-0.2, -0.15) is 0 Å². The number of hydrogen-bond donors (Lipinski definition) is 0. The molecule has 0 heterocycles. The van der Waals surface area contributed by atoms with Gasteiger partial charge in [-0.3, -0.25) is 0 Å². The van der Waals surface area contributed by atoms with E-state index in [9.17, 15) is 4.57 Å². The van der Waals surface area contributed by atoms with E-state index in [4.69, 9.17) is 34.8 Å². The highest BCUT2D eigenvalue weighted by atomic mass is 35.5. The second-order valence-corrected chi connectivity index (χ2v) is 5.77. The Morgan fingerprint density at radius 3 is 1.18 bits per heavy atom. The van der Waals surface area contributed by atoms with Crippen LogP contribution in [0.2, 0.25) is 0 Å². The second kappa shape index (κ2) is 8.87. The number of hydrogen-bond acceptors (Lipinski definition) is 7. The molecule has 0 aliphatic rings. The zero-order chi connectivity index (χ0) is 13.5. The minimum Gasteiger partial charge on any atom is -0.220 e. The van der Waals surface area contributed by atoms with Gasteiger partial charge in [0.25, 0.3) is 0 Å². The molecule has 3 unspecified atom stereocenters. The maximum atomic E-state index is 11.7. The molecule has 0 N–H and O–H groups in total. The maximum absolute atomic E-state index is 11.7. The lowest BCUT2D eigenvalue weighted by Crippen LogP contribution is -2.09. The molecule has 3 atom stereocenters. The number of halogens is 3. The van der Waals surface area contributed by atoms with Gasteiger partial charge in [0.2, 0.25) is 0 Å². The number of phosphoric acid groups is 1. The Labute approximate surface area is 113 Å². The number of alkyl halides is 3. The van der Waals surface area contributed by atoms with E-state index in [-0.39, 0.29) is 0 Å². The lowest BCUT2D eigenvalue weighted by molar-refractivity contribution is -0.332. The Morgan fingerprint density at radius 2 is 1.00 bits per heavy atom. The first-order chi connectivity index (χ1) is 7.75. The summed E-state index contributed by atoms with van der Waals surface area (Å²) in [5, 5.41) is 0. The quantitative estimate of drug-likeness (QED) is 0.276. The van der Waals surface area contributed by atoms with Crippen LogP contribution in [0.4, 0.5) is 0 Å². The molecule has 17 heavy (non-hydrogen) atoms. The van der Waals surface area contributed by atoms with Crippen molar-refractivity contribution in [2.45, 2.75) is 37.5 Å². The Bertz CT molecular complexity index is 212. The molecule has 0 bridgehead atoms. The first kappa shape index (κ1) is 17.9. The van der Waals surface area contributed by atoms with Gasteiger partial charge in [-0.15, -0.1) is 14.0 Å². The fraction of sp³-hybridized carbons (Fsp3) is 1.00. The van der Waals surface area contributed by atoms with Crippen molar-refractivity contribution in [2.75, 3.05) is 0 Å². The molecule has 0 fully saturated rings. The second-order valence-electron chi connectivity index (χ2n) is 2.59. The highest BCUT2D eigenvalue weighted by Gasteiger charge is 2.34. The predicted octanol–water partition coefficient (Wildman–Crippen LogP) is 3.69. The Kier molecular flexibility index (Phi) is 9.32. The van der Waals surface area contributed by atoms with E-state index in [2.05, 4.69) is 28.7 Å². The van der Waals surface area contributed by atoms with Crippen molar-refractivity contribution in [3.8, 4) is 0 Å². The summed E-state index contributed by atoms with van der Waals surface area (Å²) < 4.78 is 24.6. The molecule has 0 rings (SSSR count). The molecule has 0 aromatic rings. The van der Waals surface area contributed by atoms with Gasteiger partial charge in [0.05, 0.1) is 0 Å². The molecule has 0 aliphatic heterocycles. The van der Waals surface area contributed by atoms with Crippen LogP contribution in [0.1, 0.15) is 20.8 Å². The van der Waals surface area contributed by atoms with E-state index in [1.165, 1.54) is 20.8 Å². The molecule has 0 aromatic carbocycles. The smallest absolute Gasteiger partial charge is 0.220 e. The first-order valence-corrected chi connectivity index (χ1v) is 7.09. The summed E-state index contributed by atoms with van der Waals surface area (Å²) in [7, 11) is -4.30. The fourth-order valence-corrected chi connectivity index (χ4v) is 1.41. The topological polar surface area (TPSA) is 72.5 Å². The van der Waals surface area contributed by atoms with E-state index < -0.39 is 24.5 Å². The van der Waals surface area contributed by atoms with Gasteiger partial charge >= 0.3 is 7.82 Å². The van der Waals surface area contributed by atoms with E-state index >= 15 is 0 Å². The van der Waals surface area contributed by atoms with E-state index in [0.717, 1.165) is 0 Å². The van der Waals surface area contributed by atoms with Crippen LogP contribution in [0.5, 0.6) is 0 Å². The van der Waals surface area contributed by atoms with Crippen LogP contribution in [0.3, 0.4) is 0 Å². The third-order valence-electron chi connectivity index (χ3n) is 0.801. The minimum atomic E-state index is -4.30. The van der Waals surface area contributed by atoms with Crippen molar-refractivity contribution in [1.29, 1.82) is 0 Å². The van der Waals surface area contributed by atoms with Crippen LogP contribution >= 0.6 is 42.6 Å². The van der Waals surface area contributed by atoms with Crippen molar-refractivity contribution in [3.05, 3.63) is 0 Å². The van der Waals surface area contributed by atoms with E-state index in [1.807, 2.05) is 0 Å². The Balaban J connectivity index is 4.29. The van der Waals surface area contributed by atoms with Crippen LogP contribution < -0.4 is 0 Å². The van der Waals surface area contributed by atoms with Crippen molar-refractivity contribution < 1.29 is 33.3 Å². The molecule has 0 saturated carbocycles. The summed E-state index contributed by atoms with van der Waals surface area (Å²) in [6.07, 6.45) is 0. The number of rotatable bonds is 9. The highest BCUT2D eigenvalue weighted by molar-refractivity contribution is 7.48. The zero-order valence-electron chi connectivity index (χ0n) is 9.17. The van der Waals surface area contributed by atoms with Gasteiger partial charge in [0.1, 0.15) is 0 Å². The molecule has 11 heteroatoms. The van der Waals surface area contributed by atoms with Crippen molar-refractivity contribution in [3.63, 3.8) is 0 Å². The average molecular weight is 333 g/mol. The molecule has 104 valence electrons. The summed E-state index contributed by atoms with van der Waals surface area (Å²) in [5.74, 6) is 0. The standard InChI is InChI=1S/C6H12Cl3O7P/c1-4(7)11-14-17(10,15-12-5(2)8)16-13-6(3)9/h4-6H,1-3H3. The molecule has 0 radical (unpaired) electrons. The molecule has 0 saturated heterocycles. The molecular weight excluding hydrogens is 321 g/mol. The summed E-state index contributed by atoms with van der Waals surface area (Å²) in [6, 6.07) is 0. The van der Waals surface area contributed by atoms with Crippen LogP contribution in [-0.2, 0) is 33.3 Å². The summed E-state index contributed by atoms with van der Waals surface area (Å²) in [4.78, 5) is 13.1. The first-order valence-electron chi connectivity index (χ1n) is 4.32. The third kappa shape index (κ3) is 10.5. The van der Waals surface area contributed by atoms with Crippen LogP contribution in [0.15, 0.2) is 0 Å². The van der Waals surface area contributed by atoms with E-state index in [1.54, 1.807) is 0 Å². The van der Waals surface area contributed by atoms with Crippen molar-refractivity contribution in [2.24, 2.45) is 0 Å². The average Bonchev–Trinajstić information content (AvgIpc) is 2.21.